The van der Waals surface area contributed by atoms with Crippen molar-refractivity contribution in [1.82, 2.24) is 4.98 Å². The van der Waals surface area contributed by atoms with Gasteiger partial charge in [-0.25, -0.2) is 4.98 Å². The third-order valence-corrected chi connectivity index (χ3v) is 5.98. The predicted molar refractivity (Wildman–Crippen MR) is 111 cm³/mol. The first kappa shape index (κ1) is 19.8. The summed E-state index contributed by atoms with van der Waals surface area (Å²) >= 11 is 36.6. The van der Waals surface area contributed by atoms with Crippen LogP contribution in [0, 0.1) is 0 Å². The smallest absolute Gasteiger partial charge is 0.168 e. The van der Waals surface area contributed by atoms with E-state index in [9.17, 15) is 4.79 Å². The van der Waals surface area contributed by atoms with Gasteiger partial charge in [0, 0.05) is 11.1 Å². The summed E-state index contributed by atoms with van der Waals surface area (Å²) in [5, 5.41) is 1.63. The molecule has 2 nitrogen and oxygen atoms in total. The zero-order valence-electron chi connectivity index (χ0n) is 12.7. The molecule has 1 aromatic heterocycles. The lowest BCUT2D eigenvalue weighted by Gasteiger charge is -2.13. The normalized spacial score (nSPS) is 10.8. The molecule has 0 aliphatic rings. The van der Waals surface area contributed by atoms with E-state index in [1.165, 1.54) is 0 Å². The van der Waals surface area contributed by atoms with E-state index in [4.69, 9.17) is 69.6 Å². The number of carbonyl (C=O) groups excluding carboxylic acids is 1. The molecule has 8 heteroatoms. The number of nitrogens with zero attached hydrogens (tertiary/aromatic N) is 1. The molecule has 132 valence electrons. The molecular weight excluding hydrogens is 459 g/mol. The number of benzene rings is 2. The highest BCUT2D eigenvalue weighted by molar-refractivity contribution is 6.49. The van der Waals surface area contributed by atoms with Gasteiger partial charge in [-0.3, -0.25) is 4.79 Å². The van der Waals surface area contributed by atoms with Crippen LogP contribution in [-0.2, 0) is 0 Å². The molecule has 1 heterocycles. The second-order valence-electron chi connectivity index (χ2n) is 5.26. The molecule has 0 saturated carbocycles. The van der Waals surface area contributed by atoms with Crippen LogP contribution in [0.3, 0.4) is 0 Å². The number of halogens is 6. The molecule has 0 N–H and O–H groups in total. The van der Waals surface area contributed by atoms with Crippen LogP contribution >= 0.6 is 69.6 Å². The summed E-state index contributed by atoms with van der Waals surface area (Å²) in [7, 11) is 0. The van der Waals surface area contributed by atoms with Gasteiger partial charge in [-0.2, -0.15) is 0 Å². The number of carbonyl (C=O) groups is 1. The molecule has 3 rings (SSSR count). The molecule has 0 bridgehead atoms. The van der Waals surface area contributed by atoms with E-state index in [1.54, 1.807) is 36.4 Å². The lowest BCUT2D eigenvalue weighted by molar-refractivity contribution is 0.111. The molecule has 26 heavy (non-hydrogen) atoms. The Morgan fingerprint density at radius 1 is 0.692 bits per heavy atom. The van der Waals surface area contributed by atoms with Crippen molar-refractivity contribution in [2.75, 3.05) is 0 Å². The van der Waals surface area contributed by atoms with Crippen LogP contribution < -0.4 is 0 Å². The van der Waals surface area contributed by atoms with Gasteiger partial charge >= 0.3 is 0 Å². The molecule has 0 spiro atoms. The monoisotopic (exact) mass is 463 g/mol. The Labute approximate surface area is 179 Å². The molecular formula is C18H7Cl6NO. The van der Waals surface area contributed by atoms with E-state index in [0.717, 1.165) is 0 Å². The summed E-state index contributed by atoms with van der Waals surface area (Å²) in [5.41, 5.74) is 2.66. The number of hydrogen-bond acceptors (Lipinski definition) is 2. The summed E-state index contributed by atoms with van der Waals surface area (Å²) in [5.74, 6) is 0. The predicted octanol–water partition coefficient (Wildman–Crippen LogP) is 8.15. The van der Waals surface area contributed by atoms with Crippen LogP contribution in [0.15, 0.2) is 36.4 Å². The van der Waals surface area contributed by atoms with Gasteiger partial charge < -0.3 is 0 Å². The second kappa shape index (κ2) is 7.93. The van der Waals surface area contributed by atoms with Crippen molar-refractivity contribution in [1.29, 1.82) is 0 Å². The van der Waals surface area contributed by atoms with Gasteiger partial charge in [-0.1, -0.05) is 69.6 Å². The molecule has 0 radical (unpaired) electrons. The van der Waals surface area contributed by atoms with E-state index in [1.807, 2.05) is 0 Å². The van der Waals surface area contributed by atoms with Crippen molar-refractivity contribution < 1.29 is 4.79 Å². The van der Waals surface area contributed by atoms with Crippen LogP contribution in [-0.4, -0.2) is 11.3 Å². The topological polar surface area (TPSA) is 30.0 Å². The fraction of sp³-hybridized carbons (Fsp3) is 0. The maximum Gasteiger partial charge on any atom is 0.168 e. The Bertz CT molecular complexity index is 988. The van der Waals surface area contributed by atoms with Crippen molar-refractivity contribution in [3.8, 4) is 22.4 Å². The number of hydrogen-bond donors (Lipinski definition) is 0. The molecule has 0 saturated heterocycles. The molecule has 0 atom stereocenters. The average Bonchev–Trinajstić information content (AvgIpc) is 2.62. The van der Waals surface area contributed by atoms with Crippen LogP contribution in [0.2, 0.25) is 30.1 Å². The Kier molecular flexibility index (Phi) is 6.03. The maximum atomic E-state index is 11.2. The van der Waals surface area contributed by atoms with Gasteiger partial charge in [0.05, 0.1) is 35.8 Å². The van der Waals surface area contributed by atoms with Crippen molar-refractivity contribution in [2.24, 2.45) is 0 Å². The minimum Gasteiger partial charge on any atom is -0.296 e. The molecule has 0 unspecified atom stereocenters. The van der Waals surface area contributed by atoms with Gasteiger partial charge in [-0.05, 0) is 42.0 Å². The van der Waals surface area contributed by atoms with E-state index in [2.05, 4.69) is 4.98 Å². The third-order valence-electron chi connectivity index (χ3n) is 3.59. The van der Waals surface area contributed by atoms with Crippen molar-refractivity contribution >= 4 is 75.9 Å². The fourth-order valence-corrected chi connectivity index (χ4v) is 3.59. The molecule has 0 amide bonds. The van der Waals surface area contributed by atoms with E-state index >= 15 is 0 Å². The minimum absolute atomic E-state index is 0.239. The van der Waals surface area contributed by atoms with Gasteiger partial charge in [-0.15, -0.1) is 0 Å². The van der Waals surface area contributed by atoms with E-state index in [-0.39, 0.29) is 25.8 Å². The van der Waals surface area contributed by atoms with E-state index < -0.39 is 0 Å². The first-order chi connectivity index (χ1) is 12.3. The lowest BCUT2D eigenvalue weighted by Crippen LogP contribution is -1.95. The number of aldehydes is 1. The van der Waals surface area contributed by atoms with Crippen LogP contribution in [0.4, 0.5) is 0 Å². The first-order valence-corrected chi connectivity index (χ1v) is 9.34. The van der Waals surface area contributed by atoms with Crippen molar-refractivity contribution in [2.45, 2.75) is 0 Å². The zero-order chi connectivity index (χ0) is 19.0. The minimum atomic E-state index is 0.239. The highest BCUT2D eigenvalue weighted by atomic mass is 35.5. The van der Waals surface area contributed by atoms with Crippen molar-refractivity contribution in [3.63, 3.8) is 0 Å². The van der Waals surface area contributed by atoms with Gasteiger partial charge in [0.2, 0.25) is 0 Å². The highest BCUT2D eigenvalue weighted by Crippen LogP contribution is 2.40. The van der Waals surface area contributed by atoms with Crippen molar-refractivity contribution in [3.05, 3.63) is 72.2 Å². The summed E-state index contributed by atoms with van der Waals surface area (Å²) in [4.78, 5) is 15.6. The van der Waals surface area contributed by atoms with Gasteiger partial charge in [0.1, 0.15) is 5.69 Å². The summed E-state index contributed by atoms with van der Waals surface area (Å²) in [6.45, 7) is 0. The average molecular weight is 466 g/mol. The molecule has 0 aliphatic carbocycles. The molecule has 2 aromatic carbocycles. The number of rotatable bonds is 3. The molecule has 0 fully saturated rings. The largest absolute Gasteiger partial charge is 0.296 e. The lowest BCUT2D eigenvalue weighted by atomic mass is 9.99. The third kappa shape index (κ3) is 3.82. The standard InChI is InChI=1S/C18H7Cl6NO/c19-12-3-8(4-13(20)16(12)23)11-2-1-10(7-26)25-18(11)9-5-14(21)17(24)15(22)6-9/h1-7H. The van der Waals surface area contributed by atoms with Crippen LogP contribution in [0.1, 0.15) is 10.5 Å². The summed E-state index contributed by atoms with van der Waals surface area (Å²) in [6, 6.07) is 9.89. The number of aromatic nitrogens is 1. The first-order valence-electron chi connectivity index (χ1n) is 7.08. The highest BCUT2D eigenvalue weighted by Gasteiger charge is 2.16. The molecule has 0 aliphatic heterocycles. The second-order valence-corrected chi connectivity index (χ2v) is 7.64. The maximum absolute atomic E-state index is 11.2. The fourth-order valence-electron chi connectivity index (χ4n) is 2.40. The Balaban J connectivity index is 2.30. The number of pyridine rings is 1. The van der Waals surface area contributed by atoms with E-state index in [0.29, 0.717) is 38.7 Å². The van der Waals surface area contributed by atoms with Gasteiger partial charge in [0.15, 0.2) is 6.29 Å². The Hall–Kier alpha value is -1.000. The van der Waals surface area contributed by atoms with Gasteiger partial charge in [0.25, 0.3) is 0 Å². The quantitative estimate of drug-likeness (QED) is 0.288. The zero-order valence-corrected chi connectivity index (χ0v) is 17.2. The SMILES string of the molecule is O=Cc1ccc(-c2cc(Cl)c(Cl)c(Cl)c2)c(-c2cc(Cl)c(Cl)c(Cl)c2)n1. The van der Waals surface area contributed by atoms with Crippen LogP contribution in [0.5, 0.6) is 0 Å². The Morgan fingerprint density at radius 2 is 1.15 bits per heavy atom. The summed E-state index contributed by atoms with van der Waals surface area (Å²) < 4.78 is 0. The Morgan fingerprint density at radius 3 is 1.62 bits per heavy atom. The molecule has 3 aromatic rings. The summed E-state index contributed by atoms with van der Waals surface area (Å²) in [6.07, 6.45) is 0.647. The van der Waals surface area contributed by atoms with Crippen LogP contribution in [0.25, 0.3) is 22.4 Å².